The zero-order chi connectivity index (χ0) is 27.2. The van der Waals surface area contributed by atoms with Gasteiger partial charge in [-0.25, -0.2) is 0 Å². The van der Waals surface area contributed by atoms with Crippen molar-refractivity contribution in [2.75, 3.05) is 0 Å². The van der Waals surface area contributed by atoms with Crippen molar-refractivity contribution in [1.29, 1.82) is 0 Å². The van der Waals surface area contributed by atoms with Crippen LogP contribution in [0.2, 0.25) is 0 Å². The molecule has 0 heteroatoms. The molecule has 204 valence electrons. The molecule has 0 radical (unpaired) electrons. The molecule has 0 spiro atoms. The third kappa shape index (κ3) is 18.0. The lowest BCUT2D eigenvalue weighted by Crippen LogP contribution is -2.25. The van der Waals surface area contributed by atoms with Crippen molar-refractivity contribution in [2.45, 2.75) is 163 Å². The smallest absolute Gasteiger partial charge is 0.0300 e. The normalized spacial score (nSPS) is 16.0. The van der Waals surface area contributed by atoms with E-state index in [1.807, 2.05) is 0 Å². The van der Waals surface area contributed by atoms with E-state index in [1.165, 1.54) is 38.5 Å². The lowest BCUT2D eigenvalue weighted by Gasteiger charge is -2.35. The van der Waals surface area contributed by atoms with Gasteiger partial charge in [-0.15, -0.1) is 0 Å². The van der Waals surface area contributed by atoms with Gasteiger partial charge in [0.2, 0.25) is 0 Å². The molecule has 2 unspecified atom stereocenters. The molecule has 2 atom stereocenters. The molecule has 0 aromatic heterocycles. The van der Waals surface area contributed by atoms with Crippen molar-refractivity contribution < 1.29 is 0 Å². The van der Waals surface area contributed by atoms with E-state index in [0.29, 0.717) is 16.2 Å². The number of hydrogen-bond donors (Lipinski definition) is 0. The summed E-state index contributed by atoms with van der Waals surface area (Å²) in [7, 11) is 0. The Labute approximate surface area is 214 Å². The van der Waals surface area contributed by atoms with E-state index in [-0.39, 0.29) is 0 Å². The molecule has 0 saturated heterocycles. The Hall–Kier alpha value is 0. The summed E-state index contributed by atoms with van der Waals surface area (Å²) in [5.74, 6) is 4.94. The van der Waals surface area contributed by atoms with Crippen LogP contribution in [0, 0.1) is 51.8 Å². The first-order valence-electron chi connectivity index (χ1n) is 14.7. The first-order chi connectivity index (χ1) is 14.7. The Balaban J connectivity index is -0.000000411. The van der Waals surface area contributed by atoms with E-state index in [1.54, 1.807) is 0 Å². The summed E-state index contributed by atoms with van der Waals surface area (Å²) in [6, 6.07) is 0. The van der Waals surface area contributed by atoms with Crippen LogP contribution in [0.5, 0.6) is 0 Å². The summed E-state index contributed by atoms with van der Waals surface area (Å²) in [6.07, 6.45) is 8.08. The maximum Gasteiger partial charge on any atom is -0.0300 e. The fraction of sp³-hybridized carbons (Fsp3) is 1.00. The third-order valence-electron chi connectivity index (χ3n) is 8.66. The highest BCUT2D eigenvalue weighted by Crippen LogP contribution is 2.39. The van der Waals surface area contributed by atoms with Gasteiger partial charge in [-0.2, -0.15) is 0 Å². The fourth-order valence-corrected chi connectivity index (χ4v) is 5.14. The molecule has 0 aliphatic heterocycles. The second-order valence-electron chi connectivity index (χ2n) is 14.7. The minimum Gasteiger partial charge on any atom is -0.0654 e. The predicted octanol–water partition coefficient (Wildman–Crippen LogP) is 12.3. The Morgan fingerprint density at radius 3 is 0.939 bits per heavy atom. The molecule has 0 heterocycles. The quantitative estimate of drug-likeness (QED) is 0.267. The summed E-state index contributed by atoms with van der Waals surface area (Å²) < 4.78 is 0. The van der Waals surface area contributed by atoms with Gasteiger partial charge in [0.15, 0.2) is 0 Å². The van der Waals surface area contributed by atoms with Crippen LogP contribution in [0.15, 0.2) is 0 Å². The van der Waals surface area contributed by atoms with Crippen LogP contribution in [0.1, 0.15) is 163 Å². The van der Waals surface area contributed by atoms with Crippen LogP contribution in [-0.4, -0.2) is 0 Å². The van der Waals surface area contributed by atoms with Gasteiger partial charge in [0.25, 0.3) is 0 Å². The van der Waals surface area contributed by atoms with Gasteiger partial charge in [-0.1, -0.05) is 137 Å². The molecule has 0 N–H and O–H groups in total. The maximum absolute atomic E-state index is 2.45. The summed E-state index contributed by atoms with van der Waals surface area (Å²) >= 11 is 0. The second kappa shape index (κ2) is 17.4. The third-order valence-corrected chi connectivity index (χ3v) is 8.66. The van der Waals surface area contributed by atoms with E-state index in [2.05, 4.69) is 125 Å². The van der Waals surface area contributed by atoms with Gasteiger partial charge in [0.1, 0.15) is 0 Å². The molecular formula is C33H72. The topological polar surface area (TPSA) is 0 Å². The Morgan fingerprint density at radius 2 is 0.788 bits per heavy atom. The van der Waals surface area contributed by atoms with Crippen molar-refractivity contribution >= 4 is 0 Å². The Kier molecular flexibility index (Phi) is 19.8. The zero-order valence-electron chi connectivity index (χ0n) is 27.2. The fourth-order valence-electron chi connectivity index (χ4n) is 5.14. The lowest BCUT2D eigenvalue weighted by molar-refractivity contribution is 0.155. The molecule has 0 saturated carbocycles. The summed E-state index contributed by atoms with van der Waals surface area (Å²) in [6.45, 7) is 42.1. The van der Waals surface area contributed by atoms with Crippen LogP contribution < -0.4 is 0 Å². The number of rotatable bonds is 12. The molecule has 0 aromatic rings. The van der Waals surface area contributed by atoms with Crippen molar-refractivity contribution in [3.63, 3.8) is 0 Å². The van der Waals surface area contributed by atoms with Gasteiger partial charge in [-0.3, -0.25) is 0 Å². The standard InChI is InChI=1S/C12H26.C11H24.C10H22/c1-7-8-12(6,11(4)5)9-10(2)3;1-7-11(6,10(4)5)8-9(2)3;1-8(2)7-10(5,6)9(3)4/h10-11H,7-9H2,1-6H3;9-10H,7-8H2,1-6H3;8-9H,7H2,1-6H3. The molecule has 0 aromatic carbocycles. The SMILES string of the molecule is CC(C)CC(C)(C)C(C)C.CCC(C)(CC(C)C)C(C)C.CCCC(C)(CC(C)C)C(C)C. The maximum atomic E-state index is 2.45. The van der Waals surface area contributed by atoms with Crippen LogP contribution in [0.3, 0.4) is 0 Å². The minimum absolute atomic E-state index is 0.522. The molecule has 0 fully saturated rings. The Bertz CT molecular complexity index is 437. The van der Waals surface area contributed by atoms with Crippen molar-refractivity contribution in [3.8, 4) is 0 Å². The monoisotopic (exact) mass is 469 g/mol. The highest BCUT2D eigenvalue weighted by molar-refractivity contribution is 4.79. The molecule has 0 bridgehead atoms. The molecule has 0 amide bonds. The van der Waals surface area contributed by atoms with Crippen molar-refractivity contribution in [3.05, 3.63) is 0 Å². The van der Waals surface area contributed by atoms with Gasteiger partial charge in [0.05, 0.1) is 0 Å². The minimum atomic E-state index is 0.522. The van der Waals surface area contributed by atoms with Crippen molar-refractivity contribution in [1.82, 2.24) is 0 Å². The van der Waals surface area contributed by atoms with Gasteiger partial charge in [-0.05, 0) is 77.4 Å². The summed E-state index contributed by atoms with van der Waals surface area (Å²) in [4.78, 5) is 0. The average molecular weight is 469 g/mol. The summed E-state index contributed by atoms with van der Waals surface area (Å²) in [5.41, 5.74) is 1.66. The lowest BCUT2D eigenvalue weighted by atomic mass is 9.70. The predicted molar refractivity (Wildman–Crippen MR) is 158 cm³/mol. The Morgan fingerprint density at radius 1 is 0.455 bits per heavy atom. The second-order valence-corrected chi connectivity index (χ2v) is 14.7. The molecular weight excluding hydrogens is 396 g/mol. The summed E-state index contributed by atoms with van der Waals surface area (Å²) in [5, 5.41) is 0. The zero-order valence-corrected chi connectivity index (χ0v) is 27.2. The van der Waals surface area contributed by atoms with Gasteiger partial charge >= 0.3 is 0 Å². The van der Waals surface area contributed by atoms with Gasteiger partial charge < -0.3 is 0 Å². The van der Waals surface area contributed by atoms with Crippen molar-refractivity contribution in [2.24, 2.45) is 51.8 Å². The highest BCUT2D eigenvalue weighted by atomic mass is 14.3. The average Bonchev–Trinajstić information content (AvgIpc) is 2.60. The van der Waals surface area contributed by atoms with E-state index in [4.69, 9.17) is 0 Å². The van der Waals surface area contributed by atoms with Crippen LogP contribution in [0.25, 0.3) is 0 Å². The van der Waals surface area contributed by atoms with Gasteiger partial charge in [0, 0.05) is 0 Å². The molecule has 33 heavy (non-hydrogen) atoms. The van der Waals surface area contributed by atoms with E-state index >= 15 is 0 Å². The number of hydrogen-bond acceptors (Lipinski definition) is 0. The molecule has 0 nitrogen and oxygen atoms in total. The van der Waals surface area contributed by atoms with E-state index < -0.39 is 0 Å². The highest BCUT2D eigenvalue weighted by Gasteiger charge is 2.28. The van der Waals surface area contributed by atoms with Crippen LogP contribution in [0.4, 0.5) is 0 Å². The van der Waals surface area contributed by atoms with Crippen LogP contribution >= 0.6 is 0 Å². The largest absolute Gasteiger partial charge is 0.0654 e. The molecule has 0 aliphatic rings. The van der Waals surface area contributed by atoms with Crippen LogP contribution in [-0.2, 0) is 0 Å². The first kappa shape index (κ1) is 37.5. The van der Waals surface area contributed by atoms with E-state index in [9.17, 15) is 0 Å². The van der Waals surface area contributed by atoms with E-state index in [0.717, 1.165) is 35.5 Å². The first-order valence-corrected chi connectivity index (χ1v) is 14.7. The molecule has 0 rings (SSSR count). The molecule has 0 aliphatic carbocycles.